The van der Waals surface area contributed by atoms with Crippen molar-refractivity contribution < 1.29 is 0 Å². The van der Waals surface area contributed by atoms with Gasteiger partial charge in [0.1, 0.15) is 11.3 Å². The van der Waals surface area contributed by atoms with Crippen LogP contribution < -0.4 is 10.6 Å². The van der Waals surface area contributed by atoms with Gasteiger partial charge in [0.05, 0.1) is 12.3 Å². The highest BCUT2D eigenvalue weighted by molar-refractivity contribution is 4.82. The Labute approximate surface area is 137 Å². The molecule has 0 saturated carbocycles. The molecule has 0 radical (unpaired) electrons. The van der Waals surface area contributed by atoms with Crippen LogP contribution in [0.5, 0.6) is 0 Å². The first-order chi connectivity index (χ1) is 9.94. The van der Waals surface area contributed by atoms with Gasteiger partial charge in [-0.1, -0.05) is 13.8 Å². The number of nitrogens with one attached hydrogen (secondary N) is 2. The standard InChI is InChI=1S/C16H38N6/c1-11-13(21(7)8)17-15(3,4)19-20-16(5,6)18-14(12-2)22(9)10/h13-14,17-18H,11-12H2,1-10H3. The summed E-state index contributed by atoms with van der Waals surface area (Å²) in [6.45, 7) is 12.6. The average Bonchev–Trinajstić information content (AvgIpc) is 2.40. The zero-order chi connectivity index (χ0) is 17.6. The van der Waals surface area contributed by atoms with Crippen LogP contribution in [-0.2, 0) is 0 Å². The van der Waals surface area contributed by atoms with Crippen molar-refractivity contribution in [3.05, 3.63) is 0 Å². The van der Waals surface area contributed by atoms with E-state index in [1.807, 2.05) is 0 Å². The van der Waals surface area contributed by atoms with Crippen molar-refractivity contribution in [3.8, 4) is 0 Å². The molecule has 22 heavy (non-hydrogen) atoms. The fourth-order valence-electron chi connectivity index (χ4n) is 2.32. The van der Waals surface area contributed by atoms with Crippen molar-refractivity contribution in [1.29, 1.82) is 0 Å². The molecular weight excluding hydrogens is 276 g/mol. The van der Waals surface area contributed by atoms with Gasteiger partial charge in [0, 0.05) is 0 Å². The Morgan fingerprint density at radius 3 is 1.18 bits per heavy atom. The van der Waals surface area contributed by atoms with E-state index in [0.717, 1.165) is 12.8 Å². The highest BCUT2D eigenvalue weighted by Crippen LogP contribution is 2.15. The number of nitrogens with zero attached hydrogens (tertiary/aromatic N) is 4. The SMILES string of the molecule is CCC(NC(C)(C)N=NC(C)(C)NC(CC)N(C)C)N(C)C. The van der Waals surface area contributed by atoms with Crippen molar-refractivity contribution in [1.82, 2.24) is 20.4 Å². The molecule has 0 amide bonds. The maximum atomic E-state index is 4.55. The van der Waals surface area contributed by atoms with E-state index >= 15 is 0 Å². The Balaban J connectivity index is 4.83. The molecule has 6 heteroatoms. The summed E-state index contributed by atoms with van der Waals surface area (Å²) in [5, 5.41) is 16.2. The number of hydrogen-bond donors (Lipinski definition) is 2. The van der Waals surface area contributed by atoms with Crippen LogP contribution in [0.25, 0.3) is 0 Å². The third-order valence-corrected chi connectivity index (χ3v) is 3.61. The molecule has 2 unspecified atom stereocenters. The fraction of sp³-hybridized carbons (Fsp3) is 1.00. The maximum absolute atomic E-state index is 4.55. The van der Waals surface area contributed by atoms with E-state index < -0.39 is 11.3 Å². The minimum absolute atomic E-state index is 0.287. The highest BCUT2D eigenvalue weighted by Gasteiger charge is 2.26. The fourth-order valence-corrected chi connectivity index (χ4v) is 2.32. The molecule has 0 aromatic heterocycles. The number of hydrogen-bond acceptors (Lipinski definition) is 6. The summed E-state index contributed by atoms with van der Waals surface area (Å²) in [6, 6.07) is 0. The second kappa shape index (κ2) is 8.91. The van der Waals surface area contributed by atoms with Gasteiger partial charge in [-0.2, -0.15) is 10.2 Å². The predicted molar refractivity (Wildman–Crippen MR) is 94.8 cm³/mol. The second-order valence-electron chi connectivity index (χ2n) is 7.38. The zero-order valence-corrected chi connectivity index (χ0v) is 16.4. The molecule has 0 rings (SSSR count). The first kappa shape index (κ1) is 21.4. The summed E-state index contributed by atoms with van der Waals surface area (Å²) in [5.74, 6) is 0. The van der Waals surface area contributed by atoms with Crippen LogP contribution in [0.4, 0.5) is 0 Å². The van der Waals surface area contributed by atoms with E-state index in [1.54, 1.807) is 0 Å². The lowest BCUT2D eigenvalue weighted by molar-refractivity contribution is 0.166. The Morgan fingerprint density at radius 2 is 1.00 bits per heavy atom. The molecule has 0 spiro atoms. The monoisotopic (exact) mass is 314 g/mol. The molecular formula is C16H38N6. The minimum atomic E-state index is -0.399. The normalized spacial score (nSPS) is 16.7. The van der Waals surface area contributed by atoms with E-state index in [1.165, 1.54) is 0 Å². The van der Waals surface area contributed by atoms with Crippen LogP contribution in [-0.4, -0.2) is 61.6 Å². The lowest BCUT2D eigenvalue weighted by Crippen LogP contribution is -2.52. The predicted octanol–water partition coefficient (Wildman–Crippen LogP) is 2.69. The molecule has 0 aliphatic rings. The lowest BCUT2D eigenvalue weighted by atomic mass is 10.2. The van der Waals surface area contributed by atoms with Gasteiger partial charge < -0.3 is 0 Å². The summed E-state index contributed by atoms with van der Waals surface area (Å²) in [7, 11) is 8.29. The zero-order valence-electron chi connectivity index (χ0n) is 16.4. The Morgan fingerprint density at radius 1 is 0.727 bits per heavy atom. The average molecular weight is 315 g/mol. The Kier molecular flexibility index (Phi) is 8.69. The third-order valence-electron chi connectivity index (χ3n) is 3.61. The van der Waals surface area contributed by atoms with Gasteiger partial charge in [-0.15, -0.1) is 0 Å². The lowest BCUT2D eigenvalue weighted by Gasteiger charge is -2.34. The molecule has 0 aromatic carbocycles. The first-order valence-corrected chi connectivity index (χ1v) is 8.26. The van der Waals surface area contributed by atoms with E-state index in [0.29, 0.717) is 0 Å². The van der Waals surface area contributed by atoms with E-state index in [2.05, 4.69) is 100 Å². The van der Waals surface area contributed by atoms with Gasteiger partial charge in [0.15, 0.2) is 0 Å². The molecule has 132 valence electrons. The van der Waals surface area contributed by atoms with Crippen LogP contribution >= 0.6 is 0 Å². The molecule has 2 N–H and O–H groups in total. The van der Waals surface area contributed by atoms with Gasteiger partial charge in [-0.3, -0.25) is 20.4 Å². The smallest absolute Gasteiger partial charge is 0.127 e. The van der Waals surface area contributed by atoms with Crippen molar-refractivity contribution in [2.45, 2.75) is 78.0 Å². The van der Waals surface area contributed by atoms with Gasteiger partial charge in [0.25, 0.3) is 0 Å². The van der Waals surface area contributed by atoms with Gasteiger partial charge in [-0.25, -0.2) is 0 Å². The van der Waals surface area contributed by atoms with Crippen LogP contribution in [0, 0.1) is 0 Å². The minimum Gasteiger partial charge on any atom is -0.294 e. The van der Waals surface area contributed by atoms with E-state index in [9.17, 15) is 0 Å². The van der Waals surface area contributed by atoms with Crippen molar-refractivity contribution in [2.24, 2.45) is 10.2 Å². The summed E-state index contributed by atoms with van der Waals surface area (Å²) >= 11 is 0. The molecule has 0 aliphatic heterocycles. The highest BCUT2D eigenvalue weighted by atomic mass is 15.4. The van der Waals surface area contributed by atoms with Crippen molar-refractivity contribution in [2.75, 3.05) is 28.2 Å². The van der Waals surface area contributed by atoms with Crippen LogP contribution in [0.1, 0.15) is 54.4 Å². The molecule has 6 nitrogen and oxygen atoms in total. The summed E-state index contributed by atoms with van der Waals surface area (Å²) in [4.78, 5) is 4.33. The molecule has 0 fully saturated rings. The van der Waals surface area contributed by atoms with Crippen LogP contribution in [0.15, 0.2) is 10.2 Å². The van der Waals surface area contributed by atoms with Crippen LogP contribution in [0.2, 0.25) is 0 Å². The molecule has 0 aliphatic carbocycles. The third kappa shape index (κ3) is 8.17. The second-order valence-corrected chi connectivity index (χ2v) is 7.38. The quantitative estimate of drug-likeness (QED) is 0.481. The summed E-state index contributed by atoms with van der Waals surface area (Å²) in [6.07, 6.45) is 2.61. The summed E-state index contributed by atoms with van der Waals surface area (Å²) in [5.41, 5.74) is -0.798. The summed E-state index contributed by atoms with van der Waals surface area (Å²) < 4.78 is 0. The molecule has 0 aromatic rings. The molecule has 0 bridgehead atoms. The largest absolute Gasteiger partial charge is 0.294 e. The first-order valence-electron chi connectivity index (χ1n) is 8.26. The van der Waals surface area contributed by atoms with E-state index in [4.69, 9.17) is 0 Å². The van der Waals surface area contributed by atoms with Gasteiger partial charge >= 0.3 is 0 Å². The molecule has 0 saturated heterocycles. The maximum Gasteiger partial charge on any atom is 0.127 e. The number of azo groups is 1. The van der Waals surface area contributed by atoms with Gasteiger partial charge in [0.2, 0.25) is 0 Å². The molecule has 2 atom stereocenters. The Bertz CT molecular complexity index is 304. The van der Waals surface area contributed by atoms with Crippen molar-refractivity contribution in [3.63, 3.8) is 0 Å². The van der Waals surface area contributed by atoms with Crippen molar-refractivity contribution >= 4 is 0 Å². The topological polar surface area (TPSA) is 55.3 Å². The van der Waals surface area contributed by atoms with E-state index in [-0.39, 0.29) is 12.3 Å². The van der Waals surface area contributed by atoms with Gasteiger partial charge in [-0.05, 0) is 68.7 Å². The molecule has 0 heterocycles. The van der Waals surface area contributed by atoms with Crippen LogP contribution in [0.3, 0.4) is 0 Å². The number of rotatable bonds is 10. The Hall–Kier alpha value is -0.560.